The van der Waals surface area contributed by atoms with Crippen LogP contribution in [0.25, 0.3) is 0 Å². The Balaban J connectivity index is 2.47. The maximum atomic E-state index is 3.65. The van der Waals surface area contributed by atoms with Crippen LogP contribution in [-0.4, -0.2) is 20.1 Å². The Hall–Kier alpha value is -1.18. The predicted molar refractivity (Wildman–Crippen MR) is 76.1 cm³/mol. The van der Waals surface area contributed by atoms with Gasteiger partial charge in [-0.2, -0.15) is 0 Å². The topological polar surface area (TPSA) is 15.3 Å². The van der Waals surface area contributed by atoms with Crippen molar-refractivity contribution in [2.45, 2.75) is 33.6 Å². The predicted octanol–water partition coefficient (Wildman–Crippen LogP) is 3.70. The van der Waals surface area contributed by atoms with Crippen LogP contribution in [0.15, 0.2) is 18.2 Å². The van der Waals surface area contributed by atoms with Gasteiger partial charge in [0.05, 0.1) is 11.4 Å². The molecule has 0 radical (unpaired) electrons. The monoisotopic (exact) mass is 232 g/mol. The molecule has 17 heavy (non-hydrogen) atoms. The van der Waals surface area contributed by atoms with Gasteiger partial charge in [-0.05, 0) is 23.0 Å². The first-order valence-electron chi connectivity index (χ1n) is 6.49. The molecule has 2 nitrogen and oxygen atoms in total. The first kappa shape index (κ1) is 12.3. The van der Waals surface area contributed by atoms with Gasteiger partial charge in [-0.1, -0.05) is 39.8 Å². The second kappa shape index (κ2) is 4.25. The zero-order valence-electron chi connectivity index (χ0n) is 11.7. The normalized spacial score (nSPS) is 18.6. The van der Waals surface area contributed by atoms with Crippen LogP contribution in [0.5, 0.6) is 0 Å². The quantitative estimate of drug-likeness (QED) is 0.794. The SMILES string of the molecule is CC(C)c1cccc2c1NCC(C)(C)CN2C. The highest BCUT2D eigenvalue weighted by atomic mass is 15.1. The molecule has 0 spiro atoms. The molecule has 0 aliphatic carbocycles. The van der Waals surface area contributed by atoms with E-state index in [1.54, 1.807) is 0 Å². The van der Waals surface area contributed by atoms with Gasteiger partial charge in [-0.25, -0.2) is 0 Å². The Morgan fingerprint density at radius 2 is 2.00 bits per heavy atom. The number of benzene rings is 1. The van der Waals surface area contributed by atoms with E-state index in [0.29, 0.717) is 11.3 Å². The van der Waals surface area contributed by atoms with E-state index in [4.69, 9.17) is 0 Å². The van der Waals surface area contributed by atoms with Gasteiger partial charge in [0.25, 0.3) is 0 Å². The summed E-state index contributed by atoms with van der Waals surface area (Å²) in [5.41, 5.74) is 4.39. The van der Waals surface area contributed by atoms with Crippen LogP contribution in [0, 0.1) is 5.41 Å². The Morgan fingerprint density at radius 3 is 2.65 bits per heavy atom. The van der Waals surface area contributed by atoms with Crippen LogP contribution in [0.4, 0.5) is 11.4 Å². The van der Waals surface area contributed by atoms with Crippen LogP contribution in [-0.2, 0) is 0 Å². The molecule has 0 saturated heterocycles. The first-order chi connectivity index (χ1) is 7.91. The summed E-state index contributed by atoms with van der Waals surface area (Å²) >= 11 is 0. The number of hydrogen-bond acceptors (Lipinski definition) is 2. The molecule has 0 atom stereocenters. The van der Waals surface area contributed by atoms with E-state index in [0.717, 1.165) is 13.1 Å². The summed E-state index contributed by atoms with van der Waals surface area (Å²) in [5.74, 6) is 0.562. The van der Waals surface area contributed by atoms with E-state index in [1.165, 1.54) is 16.9 Å². The van der Waals surface area contributed by atoms with Crippen molar-refractivity contribution in [3.8, 4) is 0 Å². The third kappa shape index (κ3) is 2.41. The lowest BCUT2D eigenvalue weighted by atomic mass is 9.93. The maximum absolute atomic E-state index is 3.65. The molecule has 1 aliphatic rings. The number of nitrogens with zero attached hydrogens (tertiary/aromatic N) is 1. The van der Waals surface area contributed by atoms with Gasteiger partial charge in [-0.15, -0.1) is 0 Å². The third-order valence-electron chi connectivity index (χ3n) is 3.52. The van der Waals surface area contributed by atoms with Crippen molar-refractivity contribution in [3.05, 3.63) is 23.8 Å². The molecule has 0 amide bonds. The molecule has 2 heteroatoms. The third-order valence-corrected chi connectivity index (χ3v) is 3.52. The fourth-order valence-electron chi connectivity index (χ4n) is 2.66. The van der Waals surface area contributed by atoms with Crippen molar-refractivity contribution in [1.82, 2.24) is 0 Å². The van der Waals surface area contributed by atoms with Crippen LogP contribution >= 0.6 is 0 Å². The highest BCUT2D eigenvalue weighted by Gasteiger charge is 2.26. The minimum atomic E-state index is 0.308. The summed E-state index contributed by atoms with van der Waals surface area (Å²) in [4.78, 5) is 2.38. The van der Waals surface area contributed by atoms with Crippen LogP contribution in [0.3, 0.4) is 0 Å². The Bertz CT molecular complexity index is 407. The van der Waals surface area contributed by atoms with Crippen LogP contribution in [0.1, 0.15) is 39.2 Å². The van der Waals surface area contributed by atoms with E-state index in [9.17, 15) is 0 Å². The summed E-state index contributed by atoms with van der Waals surface area (Å²) in [7, 11) is 2.19. The van der Waals surface area contributed by atoms with Gasteiger partial charge in [0.1, 0.15) is 0 Å². The number of rotatable bonds is 1. The number of para-hydroxylation sites is 1. The second-order valence-electron chi connectivity index (χ2n) is 6.27. The smallest absolute Gasteiger partial charge is 0.0613 e. The highest BCUT2D eigenvalue weighted by Crippen LogP contribution is 2.37. The Kier molecular flexibility index (Phi) is 3.07. The van der Waals surface area contributed by atoms with Gasteiger partial charge in [0.15, 0.2) is 0 Å². The summed E-state index contributed by atoms with van der Waals surface area (Å²) in [5, 5.41) is 3.65. The lowest BCUT2D eigenvalue weighted by Crippen LogP contribution is -2.33. The fourth-order valence-corrected chi connectivity index (χ4v) is 2.66. The molecule has 0 aromatic heterocycles. The van der Waals surface area contributed by atoms with Gasteiger partial charge in [-0.3, -0.25) is 0 Å². The van der Waals surface area contributed by atoms with Crippen molar-refractivity contribution < 1.29 is 0 Å². The maximum Gasteiger partial charge on any atom is 0.0613 e. The number of nitrogens with one attached hydrogen (secondary N) is 1. The minimum Gasteiger partial charge on any atom is -0.383 e. The van der Waals surface area contributed by atoms with Gasteiger partial charge in [0.2, 0.25) is 0 Å². The summed E-state index contributed by atoms with van der Waals surface area (Å²) in [6.45, 7) is 11.3. The number of fused-ring (bicyclic) bond motifs is 1. The fraction of sp³-hybridized carbons (Fsp3) is 0.600. The molecule has 1 aliphatic heterocycles. The largest absolute Gasteiger partial charge is 0.383 e. The molecular formula is C15H24N2. The average molecular weight is 232 g/mol. The molecule has 1 N–H and O–H groups in total. The van der Waals surface area contributed by atoms with E-state index in [-0.39, 0.29) is 0 Å². The minimum absolute atomic E-state index is 0.308. The van der Waals surface area contributed by atoms with Crippen LogP contribution in [0.2, 0.25) is 0 Å². The van der Waals surface area contributed by atoms with Gasteiger partial charge < -0.3 is 10.2 Å². The number of anilines is 2. The van der Waals surface area contributed by atoms with E-state index in [1.807, 2.05) is 0 Å². The molecule has 0 bridgehead atoms. The standard InChI is InChI=1S/C15H24N2/c1-11(2)12-7-6-8-13-14(12)16-9-15(3,4)10-17(13)5/h6-8,11,16H,9-10H2,1-5H3. The molecule has 1 heterocycles. The molecule has 94 valence electrons. The van der Waals surface area contributed by atoms with Crippen molar-refractivity contribution in [1.29, 1.82) is 0 Å². The lowest BCUT2D eigenvalue weighted by molar-refractivity contribution is 0.403. The van der Waals surface area contributed by atoms with Gasteiger partial charge >= 0.3 is 0 Å². The molecule has 0 unspecified atom stereocenters. The van der Waals surface area contributed by atoms with E-state index >= 15 is 0 Å². The molecule has 2 rings (SSSR count). The summed E-state index contributed by atoms with van der Waals surface area (Å²) in [6.07, 6.45) is 0. The van der Waals surface area contributed by atoms with Crippen molar-refractivity contribution in [2.75, 3.05) is 30.4 Å². The second-order valence-corrected chi connectivity index (χ2v) is 6.27. The molecular weight excluding hydrogens is 208 g/mol. The van der Waals surface area contributed by atoms with Gasteiger partial charge in [0, 0.05) is 20.1 Å². The zero-order chi connectivity index (χ0) is 12.6. The molecule has 1 aromatic rings. The molecule has 0 fully saturated rings. The summed E-state index contributed by atoms with van der Waals surface area (Å²) in [6, 6.07) is 6.63. The highest BCUT2D eigenvalue weighted by molar-refractivity contribution is 5.75. The van der Waals surface area contributed by atoms with Crippen molar-refractivity contribution >= 4 is 11.4 Å². The summed E-state index contributed by atoms with van der Waals surface area (Å²) < 4.78 is 0. The average Bonchev–Trinajstić information content (AvgIpc) is 2.35. The first-order valence-corrected chi connectivity index (χ1v) is 6.49. The van der Waals surface area contributed by atoms with Crippen molar-refractivity contribution in [2.24, 2.45) is 5.41 Å². The Morgan fingerprint density at radius 1 is 1.29 bits per heavy atom. The zero-order valence-corrected chi connectivity index (χ0v) is 11.7. The lowest BCUT2D eigenvalue weighted by Gasteiger charge is -2.27. The van der Waals surface area contributed by atoms with E-state index in [2.05, 4.69) is 63.2 Å². The molecule has 1 aromatic carbocycles. The van der Waals surface area contributed by atoms with Crippen LogP contribution < -0.4 is 10.2 Å². The van der Waals surface area contributed by atoms with E-state index < -0.39 is 0 Å². The van der Waals surface area contributed by atoms with Crippen molar-refractivity contribution in [3.63, 3.8) is 0 Å². The number of hydrogen-bond donors (Lipinski definition) is 1. The Labute approximate surface area is 105 Å². The molecule has 0 saturated carbocycles.